The highest BCUT2D eigenvalue weighted by molar-refractivity contribution is 7.20. The van der Waals surface area contributed by atoms with E-state index in [9.17, 15) is 4.79 Å². The van der Waals surface area contributed by atoms with Crippen LogP contribution in [0.4, 0.5) is 11.6 Å². The summed E-state index contributed by atoms with van der Waals surface area (Å²) < 4.78 is 6.44. The number of nitrogens with zero attached hydrogens (tertiary/aromatic N) is 6. The number of carbonyl (C=O) groups excluding carboxylic acids is 1. The van der Waals surface area contributed by atoms with Gasteiger partial charge in [-0.05, 0) is 43.7 Å². The standard InChI is InChI=1S/C18H14N4S.C14H12N4O2S/c1-11-14(12-7-3-2-4-8-12)15-16(23-11)17(19)22-18(21-15)13-9-5-6-10-20-13;1-7-9(14(19)20-2)10-11(21-7)12(15)18-13(17-10)8-5-3-4-6-16-8/h2-10H,1H3,(H2,19,21,22);3-6H,1-2H3,(H2,15,17,18). The number of nitrogens with two attached hydrogens (primary N) is 2. The fraction of sp³-hybridized carbons (Fsp3) is 0.0938. The Morgan fingerprint density at radius 2 is 1.20 bits per heavy atom. The molecule has 1 aromatic carbocycles. The van der Waals surface area contributed by atoms with Gasteiger partial charge < -0.3 is 16.2 Å². The van der Waals surface area contributed by atoms with Gasteiger partial charge in [0.15, 0.2) is 11.6 Å². The Morgan fingerprint density at radius 1 is 0.682 bits per heavy atom. The van der Waals surface area contributed by atoms with Gasteiger partial charge in [-0.2, -0.15) is 0 Å². The third kappa shape index (κ3) is 5.43. The number of fused-ring (bicyclic) bond motifs is 2. The number of thiophene rings is 2. The van der Waals surface area contributed by atoms with Crippen LogP contribution in [0.5, 0.6) is 0 Å². The maximum atomic E-state index is 11.9. The van der Waals surface area contributed by atoms with E-state index in [1.54, 1.807) is 35.9 Å². The van der Waals surface area contributed by atoms with E-state index in [-0.39, 0.29) is 0 Å². The van der Waals surface area contributed by atoms with Crippen LogP contribution < -0.4 is 11.5 Å². The van der Waals surface area contributed by atoms with Gasteiger partial charge in [-0.3, -0.25) is 9.97 Å². The van der Waals surface area contributed by atoms with Crippen molar-refractivity contribution in [2.45, 2.75) is 13.8 Å². The first-order valence-corrected chi connectivity index (χ1v) is 15.1. The Hall–Kier alpha value is -5.33. The molecule has 0 saturated heterocycles. The van der Waals surface area contributed by atoms with Crippen LogP contribution in [-0.4, -0.2) is 43.0 Å². The number of hydrogen-bond donors (Lipinski definition) is 2. The molecule has 6 aromatic heterocycles. The Morgan fingerprint density at radius 3 is 1.75 bits per heavy atom. The molecule has 7 aromatic rings. The summed E-state index contributed by atoms with van der Waals surface area (Å²) in [5, 5.41) is 0. The topological polar surface area (TPSA) is 156 Å². The molecule has 0 aliphatic heterocycles. The lowest BCUT2D eigenvalue weighted by Gasteiger charge is -2.04. The zero-order valence-electron chi connectivity index (χ0n) is 24.0. The minimum Gasteiger partial charge on any atom is -0.465 e. The Bertz CT molecular complexity index is 2120. The lowest BCUT2D eigenvalue weighted by Crippen LogP contribution is -2.04. The second kappa shape index (κ2) is 12.1. The van der Waals surface area contributed by atoms with Crippen molar-refractivity contribution in [2.75, 3.05) is 18.6 Å². The molecule has 10 nitrogen and oxygen atoms in total. The van der Waals surface area contributed by atoms with Crippen LogP contribution in [0.25, 0.3) is 54.6 Å². The molecule has 0 atom stereocenters. The fourth-order valence-corrected chi connectivity index (χ4v) is 6.72. The molecule has 0 aliphatic carbocycles. The third-order valence-corrected chi connectivity index (χ3v) is 8.95. The van der Waals surface area contributed by atoms with Crippen molar-refractivity contribution in [3.05, 3.63) is 94.4 Å². The minimum atomic E-state index is -0.427. The molecule has 12 heteroatoms. The largest absolute Gasteiger partial charge is 0.465 e. The third-order valence-electron chi connectivity index (χ3n) is 6.71. The van der Waals surface area contributed by atoms with Crippen LogP contribution in [0, 0.1) is 13.8 Å². The van der Waals surface area contributed by atoms with Gasteiger partial charge in [-0.25, -0.2) is 24.7 Å². The summed E-state index contributed by atoms with van der Waals surface area (Å²) in [5.41, 5.74) is 17.6. The predicted molar refractivity (Wildman–Crippen MR) is 176 cm³/mol. The number of methoxy groups -OCH3 is 1. The molecule has 44 heavy (non-hydrogen) atoms. The second-order valence-corrected chi connectivity index (χ2v) is 12.0. The number of anilines is 2. The summed E-state index contributed by atoms with van der Waals surface area (Å²) in [5.74, 6) is 1.37. The molecule has 0 aliphatic rings. The number of pyridine rings is 2. The van der Waals surface area contributed by atoms with Crippen molar-refractivity contribution in [3.63, 3.8) is 0 Å². The fourth-order valence-electron chi connectivity index (χ4n) is 4.72. The normalized spacial score (nSPS) is 10.9. The molecule has 0 bridgehead atoms. The van der Waals surface area contributed by atoms with Gasteiger partial charge >= 0.3 is 5.97 Å². The van der Waals surface area contributed by atoms with Crippen LogP contribution in [0.1, 0.15) is 20.1 Å². The maximum absolute atomic E-state index is 11.9. The van der Waals surface area contributed by atoms with E-state index < -0.39 is 5.97 Å². The first-order chi connectivity index (χ1) is 21.4. The van der Waals surface area contributed by atoms with E-state index in [1.165, 1.54) is 23.3 Å². The first-order valence-electron chi connectivity index (χ1n) is 13.5. The van der Waals surface area contributed by atoms with E-state index in [0.717, 1.165) is 31.9 Å². The smallest absolute Gasteiger partial charge is 0.341 e. The average molecular weight is 619 g/mol. The molecule has 0 spiro atoms. The van der Waals surface area contributed by atoms with Crippen LogP contribution >= 0.6 is 22.7 Å². The van der Waals surface area contributed by atoms with Gasteiger partial charge in [0.05, 0.1) is 27.6 Å². The Kier molecular flexibility index (Phi) is 7.92. The van der Waals surface area contributed by atoms with Crippen LogP contribution in [0.15, 0.2) is 79.1 Å². The molecule has 0 radical (unpaired) electrons. The number of ether oxygens (including phenoxy) is 1. The molecule has 7 rings (SSSR count). The number of esters is 1. The Labute approximate surface area is 260 Å². The van der Waals surface area contributed by atoms with Gasteiger partial charge in [-0.1, -0.05) is 42.5 Å². The summed E-state index contributed by atoms with van der Waals surface area (Å²) in [4.78, 5) is 40.4. The molecule has 0 amide bonds. The summed E-state index contributed by atoms with van der Waals surface area (Å²) in [7, 11) is 1.34. The SMILES string of the molecule is COC(=O)c1c(C)sc2c(N)nc(-c3ccccn3)nc12.Cc1sc2c(N)nc(-c3ccccn3)nc2c1-c1ccccc1. The van der Waals surface area contributed by atoms with Crippen molar-refractivity contribution < 1.29 is 9.53 Å². The lowest BCUT2D eigenvalue weighted by atomic mass is 10.1. The van der Waals surface area contributed by atoms with E-state index in [4.69, 9.17) is 21.2 Å². The van der Waals surface area contributed by atoms with Gasteiger partial charge in [0.2, 0.25) is 0 Å². The molecule has 0 fully saturated rings. The molecule has 218 valence electrons. The van der Waals surface area contributed by atoms with Crippen LogP contribution in [0.3, 0.4) is 0 Å². The lowest BCUT2D eigenvalue weighted by molar-refractivity contribution is 0.0602. The Balaban J connectivity index is 0.000000157. The number of rotatable bonds is 4. The summed E-state index contributed by atoms with van der Waals surface area (Å²) in [6.07, 6.45) is 3.38. The monoisotopic (exact) mass is 618 g/mol. The van der Waals surface area contributed by atoms with Crippen LogP contribution in [-0.2, 0) is 4.74 Å². The van der Waals surface area contributed by atoms with Crippen LogP contribution in [0.2, 0.25) is 0 Å². The van der Waals surface area contributed by atoms with Gasteiger partial charge in [0.1, 0.15) is 28.5 Å². The van der Waals surface area contributed by atoms with Gasteiger partial charge in [0.25, 0.3) is 0 Å². The summed E-state index contributed by atoms with van der Waals surface area (Å²) in [6, 6.07) is 21.4. The quantitative estimate of drug-likeness (QED) is 0.203. The highest BCUT2D eigenvalue weighted by Crippen LogP contribution is 2.40. The highest BCUT2D eigenvalue weighted by Gasteiger charge is 2.22. The van der Waals surface area contributed by atoms with Crippen molar-refractivity contribution in [3.8, 4) is 34.2 Å². The van der Waals surface area contributed by atoms with E-state index in [1.807, 2.05) is 49.4 Å². The first kappa shape index (κ1) is 28.8. The minimum absolute atomic E-state index is 0.337. The van der Waals surface area contributed by atoms with Gasteiger partial charge in [-0.15, -0.1) is 22.7 Å². The van der Waals surface area contributed by atoms with E-state index in [2.05, 4.69) is 44.0 Å². The number of benzene rings is 1. The maximum Gasteiger partial charge on any atom is 0.341 e. The van der Waals surface area contributed by atoms with Crippen molar-refractivity contribution >= 4 is 60.7 Å². The van der Waals surface area contributed by atoms with Crippen molar-refractivity contribution in [1.82, 2.24) is 29.9 Å². The van der Waals surface area contributed by atoms with E-state index >= 15 is 0 Å². The molecule has 0 saturated carbocycles. The molecule has 0 unspecified atom stereocenters. The number of nitrogen functional groups attached to an aromatic ring is 2. The average Bonchev–Trinajstić information content (AvgIpc) is 3.58. The van der Waals surface area contributed by atoms with Crippen molar-refractivity contribution in [2.24, 2.45) is 0 Å². The number of aryl methyl sites for hydroxylation is 2. The highest BCUT2D eigenvalue weighted by atomic mass is 32.1. The van der Waals surface area contributed by atoms with Gasteiger partial charge in [0, 0.05) is 27.7 Å². The summed E-state index contributed by atoms with van der Waals surface area (Å²) >= 11 is 3.02. The van der Waals surface area contributed by atoms with Crippen molar-refractivity contribution in [1.29, 1.82) is 0 Å². The zero-order chi connectivity index (χ0) is 30.8. The molecular formula is C32H26N8O2S2. The molecule has 4 N–H and O–H groups in total. The second-order valence-electron chi connectivity index (χ2n) is 9.57. The number of carbonyl (C=O) groups is 1. The van der Waals surface area contributed by atoms with E-state index in [0.29, 0.717) is 44.8 Å². The zero-order valence-corrected chi connectivity index (χ0v) is 25.6. The number of aromatic nitrogens is 6. The predicted octanol–water partition coefficient (Wildman–Crippen LogP) is 6.74. The number of hydrogen-bond acceptors (Lipinski definition) is 12. The summed E-state index contributed by atoms with van der Waals surface area (Å²) in [6.45, 7) is 3.92. The molecular weight excluding hydrogens is 593 g/mol. The molecule has 6 heterocycles.